The molecule has 3 rings (SSSR count). The Labute approximate surface area is 165 Å². The van der Waals surface area contributed by atoms with Crippen LogP contribution in [0.5, 0.6) is 0 Å². The number of nitrogens with zero attached hydrogens (tertiary/aromatic N) is 3. The highest BCUT2D eigenvalue weighted by atomic mass is 79.9. The third-order valence-electron chi connectivity index (χ3n) is 3.76. The van der Waals surface area contributed by atoms with Gasteiger partial charge < -0.3 is 15.4 Å². The molecule has 0 radical (unpaired) electrons. The van der Waals surface area contributed by atoms with E-state index in [2.05, 4.69) is 20.9 Å². The largest absolute Gasteiger partial charge is 0.444 e. The number of hydrogen-bond acceptors (Lipinski definition) is 5. The van der Waals surface area contributed by atoms with Crippen LogP contribution in [0.3, 0.4) is 0 Å². The molecule has 26 heavy (non-hydrogen) atoms. The summed E-state index contributed by atoms with van der Waals surface area (Å²) < 4.78 is 19.6. The molecule has 0 saturated carbocycles. The van der Waals surface area contributed by atoms with E-state index < -0.39 is 0 Å². The summed E-state index contributed by atoms with van der Waals surface area (Å²) >= 11 is 3.35. The second kappa shape index (κ2) is 8.94. The molecule has 3 heterocycles. The molecule has 1 saturated heterocycles. The summed E-state index contributed by atoms with van der Waals surface area (Å²) in [6.07, 6.45) is 6.44. The average molecular weight is 447 g/mol. The number of carbonyl (C=O) groups excluding carboxylic acids is 1. The van der Waals surface area contributed by atoms with Crippen molar-refractivity contribution in [3.8, 4) is 0 Å². The van der Waals surface area contributed by atoms with Crippen molar-refractivity contribution in [1.82, 2.24) is 13.9 Å². The monoisotopic (exact) mass is 446 g/mol. The maximum Gasteiger partial charge on any atom is 0.410 e. The Morgan fingerprint density at radius 1 is 1.35 bits per heavy atom. The van der Waals surface area contributed by atoms with Gasteiger partial charge in [0.05, 0.1) is 10.2 Å². The zero-order chi connectivity index (χ0) is 19.3. The molecule has 2 aromatic rings. The highest BCUT2D eigenvalue weighted by Gasteiger charge is 2.22. The summed E-state index contributed by atoms with van der Waals surface area (Å²) in [5, 5.41) is 0.750. The highest BCUT2D eigenvalue weighted by Crippen LogP contribution is 2.29. The van der Waals surface area contributed by atoms with Crippen LogP contribution in [0.2, 0.25) is 0 Å². The second-order valence-corrected chi connectivity index (χ2v) is 8.38. The van der Waals surface area contributed by atoms with Gasteiger partial charge >= 0.3 is 6.09 Å². The van der Waals surface area contributed by atoms with Gasteiger partial charge in [-0.25, -0.2) is 13.8 Å². The Morgan fingerprint density at radius 2 is 2.00 bits per heavy atom. The van der Waals surface area contributed by atoms with Crippen LogP contribution >= 0.6 is 28.3 Å². The third kappa shape index (κ3) is 5.51. The number of aromatic nitrogens is 2. The number of piperidine rings is 1. The van der Waals surface area contributed by atoms with Crippen molar-refractivity contribution in [1.29, 1.82) is 0 Å². The molecule has 1 fully saturated rings. The fourth-order valence-electron chi connectivity index (χ4n) is 2.52. The first-order valence-corrected chi connectivity index (χ1v) is 9.87. The predicted molar refractivity (Wildman–Crippen MR) is 108 cm³/mol. The number of nitrogens with two attached hydrogens (primary N) is 1. The first-order valence-electron chi connectivity index (χ1n) is 8.41. The van der Waals surface area contributed by atoms with Crippen LogP contribution in [0.15, 0.2) is 22.9 Å². The van der Waals surface area contributed by atoms with Gasteiger partial charge in [-0.05, 0) is 62.0 Å². The SMILES string of the molecule is CC(C)(C)OC(=O)N1CCCCC1.Nc1c(Br)cnc2c1ccn2SF. The highest BCUT2D eigenvalue weighted by molar-refractivity contribution is 9.10. The summed E-state index contributed by atoms with van der Waals surface area (Å²) in [5.74, 6) is 0. The molecule has 9 heteroatoms. The summed E-state index contributed by atoms with van der Waals surface area (Å²) in [6, 6.07) is 1.73. The van der Waals surface area contributed by atoms with Crippen LogP contribution in [-0.4, -0.2) is 38.6 Å². The molecular weight excluding hydrogens is 423 g/mol. The molecule has 1 amide bonds. The van der Waals surface area contributed by atoms with Gasteiger partial charge in [-0.2, -0.15) is 0 Å². The van der Waals surface area contributed by atoms with Crippen molar-refractivity contribution >= 4 is 51.1 Å². The van der Waals surface area contributed by atoms with Gasteiger partial charge in [0, 0.05) is 30.9 Å². The van der Waals surface area contributed by atoms with Gasteiger partial charge in [-0.15, -0.1) is 3.89 Å². The van der Waals surface area contributed by atoms with E-state index in [1.807, 2.05) is 20.8 Å². The quantitative estimate of drug-likeness (QED) is 0.653. The molecule has 1 aliphatic heterocycles. The molecular formula is C17H24BrFN4O2S. The molecule has 2 aromatic heterocycles. The number of fused-ring (bicyclic) bond motifs is 1. The smallest absolute Gasteiger partial charge is 0.410 e. The lowest BCUT2D eigenvalue weighted by atomic mass is 10.1. The number of rotatable bonds is 1. The topological polar surface area (TPSA) is 73.4 Å². The number of pyridine rings is 1. The molecule has 0 aromatic carbocycles. The minimum Gasteiger partial charge on any atom is -0.444 e. The van der Waals surface area contributed by atoms with Crippen molar-refractivity contribution in [3.63, 3.8) is 0 Å². The van der Waals surface area contributed by atoms with E-state index in [4.69, 9.17) is 10.5 Å². The van der Waals surface area contributed by atoms with Crippen LogP contribution in [-0.2, 0) is 4.74 Å². The van der Waals surface area contributed by atoms with Crippen LogP contribution in [0.1, 0.15) is 40.0 Å². The average Bonchev–Trinajstić information content (AvgIpc) is 3.02. The fraction of sp³-hybridized carbons (Fsp3) is 0.529. The van der Waals surface area contributed by atoms with E-state index in [9.17, 15) is 8.68 Å². The summed E-state index contributed by atoms with van der Waals surface area (Å²) in [7, 11) is 0. The molecule has 0 spiro atoms. The van der Waals surface area contributed by atoms with E-state index in [1.165, 1.54) is 10.4 Å². The van der Waals surface area contributed by atoms with E-state index >= 15 is 0 Å². The fourth-order valence-corrected chi connectivity index (χ4v) is 3.15. The third-order valence-corrected chi connectivity index (χ3v) is 4.83. The number of likely N-dealkylation sites (tertiary alicyclic amines) is 1. The van der Waals surface area contributed by atoms with E-state index in [1.54, 1.807) is 23.4 Å². The summed E-state index contributed by atoms with van der Waals surface area (Å²) in [4.78, 5) is 17.4. The van der Waals surface area contributed by atoms with Gasteiger partial charge in [0.2, 0.25) is 0 Å². The lowest BCUT2D eigenvalue weighted by Crippen LogP contribution is -2.39. The van der Waals surface area contributed by atoms with Crippen molar-refractivity contribution in [2.75, 3.05) is 18.8 Å². The molecule has 0 bridgehead atoms. The first kappa shape index (κ1) is 20.8. The van der Waals surface area contributed by atoms with Crippen molar-refractivity contribution in [3.05, 3.63) is 22.9 Å². The Hall–Kier alpha value is -1.48. The zero-order valence-electron chi connectivity index (χ0n) is 15.2. The number of carbonyl (C=O) groups is 1. The minimum atomic E-state index is -0.367. The Balaban J connectivity index is 0.000000187. The molecule has 1 aliphatic rings. The van der Waals surface area contributed by atoms with Crippen LogP contribution in [0.25, 0.3) is 11.0 Å². The van der Waals surface area contributed by atoms with Gasteiger partial charge in [0.1, 0.15) is 5.60 Å². The Bertz CT molecular complexity index is 757. The summed E-state index contributed by atoms with van der Waals surface area (Å²) in [5.41, 5.74) is 6.50. The normalized spacial score (nSPS) is 14.7. The van der Waals surface area contributed by atoms with Crippen LogP contribution < -0.4 is 5.73 Å². The number of halogens is 2. The van der Waals surface area contributed by atoms with Crippen LogP contribution in [0.4, 0.5) is 14.4 Å². The first-order chi connectivity index (χ1) is 12.2. The van der Waals surface area contributed by atoms with Crippen molar-refractivity contribution in [2.24, 2.45) is 0 Å². The van der Waals surface area contributed by atoms with Gasteiger partial charge in [-0.1, -0.05) is 0 Å². The number of anilines is 1. The number of amides is 1. The lowest BCUT2D eigenvalue weighted by Gasteiger charge is -2.29. The predicted octanol–water partition coefficient (Wildman–Crippen LogP) is 5.17. The number of nitrogen functional groups attached to an aromatic ring is 1. The maximum absolute atomic E-state index is 12.3. The lowest BCUT2D eigenvalue weighted by molar-refractivity contribution is 0.0216. The second-order valence-electron chi connectivity index (χ2n) is 7.00. The minimum absolute atomic E-state index is 0.103. The van der Waals surface area contributed by atoms with E-state index in [0.717, 1.165) is 35.8 Å². The van der Waals surface area contributed by atoms with Crippen molar-refractivity contribution < 1.29 is 13.4 Å². The maximum atomic E-state index is 12.3. The van der Waals surface area contributed by atoms with Gasteiger partial charge in [0.15, 0.2) is 18.0 Å². The summed E-state index contributed by atoms with van der Waals surface area (Å²) in [6.45, 7) is 7.41. The number of ether oxygens (including phenoxy) is 1. The zero-order valence-corrected chi connectivity index (χ0v) is 17.6. The Kier molecular flexibility index (Phi) is 7.16. The van der Waals surface area contributed by atoms with Crippen molar-refractivity contribution in [2.45, 2.75) is 45.6 Å². The van der Waals surface area contributed by atoms with Gasteiger partial charge in [0.25, 0.3) is 0 Å². The molecule has 6 nitrogen and oxygen atoms in total. The van der Waals surface area contributed by atoms with Crippen LogP contribution in [0, 0.1) is 0 Å². The molecule has 0 aliphatic carbocycles. The number of hydrogen-bond donors (Lipinski definition) is 1. The standard InChI is InChI=1S/C10H19NO2.C7H5BrFN3S/c1-10(2,3)13-9(12)11-7-5-4-6-8-11;8-5-3-11-7-4(6(5)10)1-2-12(7)13-9/h4-8H2,1-3H3;1-3H,(H2,10,11). The van der Waals surface area contributed by atoms with E-state index in [-0.39, 0.29) is 24.0 Å². The molecule has 0 atom stereocenters. The molecule has 0 unspecified atom stereocenters. The van der Waals surface area contributed by atoms with Gasteiger partial charge in [-0.3, -0.25) is 0 Å². The molecule has 144 valence electrons. The molecule has 2 N–H and O–H groups in total. The Morgan fingerprint density at radius 3 is 2.58 bits per heavy atom. The van der Waals surface area contributed by atoms with E-state index in [0.29, 0.717) is 11.3 Å².